The number of carbonyl (C=O) groups excluding carboxylic acids is 3. The summed E-state index contributed by atoms with van der Waals surface area (Å²) in [6.45, 7) is 7.10. The number of imide groups is 1. The Morgan fingerprint density at radius 1 is 1.00 bits per heavy atom. The highest BCUT2D eigenvalue weighted by Crippen LogP contribution is 2.25. The summed E-state index contributed by atoms with van der Waals surface area (Å²) in [5, 5.41) is 5.74. The van der Waals surface area contributed by atoms with Crippen molar-refractivity contribution < 1.29 is 14.4 Å². The van der Waals surface area contributed by atoms with E-state index in [0.29, 0.717) is 17.7 Å². The van der Waals surface area contributed by atoms with Gasteiger partial charge in [-0.3, -0.25) is 19.3 Å². The molecule has 3 aliphatic heterocycles. The van der Waals surface area contributed by atoms with Crippen LogP contribution in [0.2, 0.25) is 0 Å². The molecule has 1 aromatic rings. The van der Waals surface area contributed by atoms with E-state index in [-0.39, 0.29) is 17.7 Å². The number of nitrogens with one attached hydrogen (secondary N) is 2. The smallest absolute Gasteiger partial charge is 0.262 e. The van der Waals surface area contributed by atoms with Crippen molar-refractivity contribution >= 4 is 17.7 Å². The van der Waals surface area contributed by atoms with Crippen LogP contribution >= 0.6 is 0 Å². The Kier molecular flexibility index (Phi) is 6.49. The Bertz CT molecular complexity index is 569. The van der Waals surface area contributed by atoms with Gasteiger partial charge in [-0.15, -0.1) is 0 Å². The molecule has 2 fully saturated rings. The summed E-state index contributed by atoms with van der Waals surface area (Å²) >= 11 is 0. The lowest BCUT2D eigenvalue weighted by atomic mass is 10.1. The van der Waals surface area contributed by atoms with Crippen LogP contribution in [0.5, 0.6) is 0 Å². The monoisotopic (exact) mass is 331 g/mol. The van der Waals surface area contributed by atoms with Gasteiger partial charge in [-0.25, -0.2) is 0 Å². The van der Waals surface area contributed by atoms with Crippen molar-refractivity contribution in [1.29, 1.82) is 0 Å². The van der Waals surface area contributed by atoms with Crippen LogP contribution in [0.3, 0.4) is 0 Å². The molecule has 3 aliphatic rings. The van der Waals surface area contributed by atoms with Crippen LogP contribution in [0.25, 0.3) is 0 Å². The van der Waals surface area contributed by atoms with E-state index in [9.17, 15) is 14.4 Å². The molecule has 3 amide bonds. The van der Waals surface area contributed by atoms with Gasteiger partial charge in [0.05, 0.1) is 11.1 Å². The highest BCUT2D eigenvalue weighted by atomic mass is 16.2. The van der Waals surface area contributed by atoms with Crippen molar-refractivity contribution in [2.45, 2.75) is 39.2 Å². The van der Waals surface area contributed by atoms with Crippen molar-refractivity contribution in [2.24, 2.45) is 0 Å². The minimum atomic E-state index is -0.632. The van der Waals surface area contributed by atoms with Gasteiger partial charge >= 0.3 is 0 Å². The van der Waals surface area contributed by atoms with Crippen LogP contribution in [0.4, 0.5) is 0 Å². The van der Waals surface area contributed by atoms with Crippen LogP contribution in [0.1, 0.15) is 53.8 Å². The predicted octanol–water partition coefficient (Wildman–Crippen LogP) is 1.57. The average molecular weight is 331 g/mol. The van der Waals surface area contributed by atoms with Gasteiger partial charge in [-0.1, -0.05) is 32.4 Å². The van der Waals surface area contributed by atoms with E-state index in [1.807, 2.05) is 0 Å². The maximum absolute atomic E-state index is 11.9. The normalized spacial score (nSPS) is 21.0. The molecule has 6 nitrogen and oxygen atoms in total. The standard InChI is InChI=1S/C11H8N2O3.C4H9N.C3H8/c14-9-8(5-12-9)13-10(15)6-3-1-2-4-7(6)11(13)16;1-2-4-5-3-1;1-3-2/h1-4,8H,5H2,(H,12,14);5H,1-4H2;3H2,1-2H3/t8-;;/m0../s1. The van der Waals surface area contributed by atoms with E-state index in [0.717, 1.165) is 4.90 Å². The summed E-state index contributed by atoms with van der Waals surface area (Å²) in [7, 11) is 0. The first-order valence-electron chi connectivity index (χ1n) is 8.57. The van der Waals surface area contributed by atoms with Gasteiger partial charge in [0.15, 0.2) is 0 Å². The summed E-state index contributed by atoms with van der Waals surface area (Å²) in [5.74, 6) is -1.02. The van der Waals surface area contributed by atoms with Gasteiger partial charge in [0.1, 0.15) is 6.04 Å². The summed E-state index contributed by atoms with van der Waals surface area (Å²) < 4.78 is 0. The SMILES string of the molecule is C1CCNC1.CCC.O=C1NC[C@@H]1N1C(=O)c2ccccc2C1=O. The van der Waals surface area contributed by atoms with Crippen LogP contribution in [-0.4, -0.2) is 48.3 Å². The van der Waals surface area contributed by atoms with Crippen LogP contribution in [0.15, 0.2) is 24.3 Å². The van der Waals surface area contributed by atoms with E-state index < -0.39 is 6.04 Å². The van der Waals surface area contributed by atoms with Gasteiger partial charge < -0.3 is 10.6 Å². The molecule has 2 saturated heterocycles. The fourth-order valence-corrected chi connectivity index (χ4v) is 2.60. The Labute approximate surface area is 142 Å². The number of rotatable bonds is 1. The van der Waals surface area contributed by atoms with Crippen molar-refractivity contribution in [2.75, 3.05) is 19.6 Å². The molecule has 1 aromatic carbocycles. The quantitative estimate of drug-likeness (QED) is 0.605. The first-order chi connectivity index (χ1) is 11.6. The maximum Gasteiger partial charge on any atom is 0.262 e. The molecule has 0 aliphatic carbocycles. The van der Waals surface area contributed by atoms with Crippen molar-refractivity contribution in [1.82, 2.24) is 15.5 Å². The molecule has 0 aromatic heterocycles. The number of amides is 3. The number of nitrogens with zero attached hydrogens (tertiary/aromatic N) is 1. The third kappa shape index (κ3) is 3.82. The molecule has 130 valence electrons. The van der Waals surface area contributed by atoms with E-state index in [1.54, 1.807) is 24.3 Å². The number of β-lactam (4-membered cyclic amide) rings is 1. The molecule has 2 N–H and O–H groups in total. The average Bonchev–Trinajstić information content (AvgIpc) is 3.23. The number of carbonyl (C=O) groups is 3. The van der Waals surface area contributed by atoms with Crippen molar-refractivity contribution in [3.05, 3.63) is 35.4 Å². The third-order valence-corrected chi connectivity index (χ3v) is 3.87. The Balaban J connectivity index is 0.000000217. The van der Waals surface area contributed by atoms with Gasteiger partial charge in [0.2, 0.25) is 5.91 Å². The summed E-state index contributed by atoms with van der Waals surface area (Å²) in [6.07, 6.45) is 4.03. The first-order valence-corrected chi connectivity index (χ1v) is 8.57. The maximum atomic E-state index is 11.9. The molecule has 6 heteroatoms. The Hall–Kier alpha value is -2.21. The molecule has 1 atom stereocenters. The number of fused-ring (bicyclic) bond motifs is 1. The van der Waals surface area contributed by atoms with E-state index >= 15 is 0 Å². The largest absolute Gasteiger partial charge is 0.352 e. The summed E-state index contributed by atoms with van der Waals surface area (Å²) in [6, 6.07) is 5.98. The van der Waals surface area contributed by atoms with Crippen molar-refractivity contribution in [3.8, 4) is 0 Å². The second kappa shape index (κ2) is 8.59. The molecular weight excluding hydrogens is 306 g/mol. The topological polar surface area (TPSA) is 78.5 Å². The number of benzene rings is 1. The molecule has 0 bridgehead atoms. The minimum absolute atomic E-state index is 0.269. The predicted molar refractivity (Wildman–Crippen MR) is 91.8 cm³/mol. The molecule has 0 saturated carbocycles. The molecule has 4 rings (SSSR count). The van der Waals surface area contributed by atoms with Gasteiger partial charge in [-0.05, 0) is 38.1 Å². The van der Waals surface area contributed by atoms with Gasteiger partial charge in [-0.2, -0.15) is 0 Å². The fraction of sp³-hybridized carbons (Fsp3) is 0.500. The highest BCUT2D eigenvalue weighted by Gasteiger charge is 2.45. The van der Waals surface area contributed by atoms with Gasteiger partial charge in [0.25, 0.3) is 11.8 Å². The summed E-state index contributed by atoms with van der Waals surface area (Å²) in [5.41, 5.74) is 0.763. The van der Waals surface area contributed by atoms with Crippen LogP contribution in [0, 0.1) is 0 Å². The lowest BCUT2D eigenvalue weighted by Gasteiger charge is -2.32. The van der Waals surface area contributed by atoms with E-state index in [2.05, 4.69) is 24.5 Å². The first kappa shape index (κ1) is 18.1. The molecule has 3 heterocycles. The van der Waals surface area contributed by atoms with Crippen LogP contribution < -0.4 is 10.6 Å². The zero-order valence-corrected chi connectivity index (χ0v) is 14.3. The van der Waals surface area contributed by atoms with E-state index in [1.165, 1.54) is 32.4 Å². The van der Waals surface area contributed by atoms with Crippen molar-refractivity contribution in [3.63, 3.8) is 0 Å². The van der Waals surface area contributed by atoms with E-state index in [4.69, 9.17) is 0 Å². The molecule has 24 heavy (non-hydrogen) atoms. The minimum Gasteiger partial charge on any atom is -0.352 e. The third-order valence-electron chi connectivity index (χ3n) is 3.87. The molecule has 0 unspecified atom stereocenters. The lowest BCUT2D eigenvalue weighted by Crippen LogP contribution is -2.63. The lowest BCUT2D eigenvalue weighted by molar-refractivity contribution is -0.130. The zero-order chi connectivity index (χ0) is 17.5. The Morgan fingerprint density at radius 3 is 1.79 bits per heavy atom. The number of hydrogen-bond acceptors (Lipinski definition) is 4. The second-order valence-corrected chi connectivity index (χ2v) is 5.95. The summed E-state index contributed by atoms with van der Waals surface area (Å²) in [4.78, 5) is 36.1. The second-order valence-electron chi connectivity index (χ2n) is 5.95. The Morgan fingerprint density at radius 2 is 1.50 bits per heavy atom. The molecule has 0 spiro atoms. The van der Waals surface area contributed by atoms with Crippen LogP contribution in [-0.2, 0) is 4.79 Å². The highest BCUT2D eigenvalue weighted by molar-refractivity contribution is 6.23. The molecule has 0 radical (unpaired) electrons. The molecular formula is C18H25N3O3. The fourth-order valence-electron chi connectivity index (χ4n) is 2.60. The zero-order valence-electron chi connectivity index (χ0n) is 14.3. The number of hydrogen-bond donors (Lipinski definition) is 2. The van der Waals surface area contributed by atoms with Gasteiger partial charge in [0, 0.05) is 6.54 Å².